The fourth-order valence-corrected chi connectivity index (χ4v) is 1.85. The molecule has 0 aliphatic rings. The highest BCUT2D eigenvalue weighted by Crippen LogP contribution is 2.15. The van der Waals surface area contributed by atoms with E-state index in [0.29, 0.717) is 24.6 Å². The van der Waals surface area contributed by atoms with Crippen LogP contribution in [0.15, 0.2) is 18.3 Å². The highest BCUT2D eigenvalue weighted by molar-refractivity contribution is 5.90. The number of halogens is 1. The Bertz CT molecular complexity index is 378. The number of nitrogens with one attached hydrogen (secondary N) is 1. The summed E-state index contributed by atoms with van der Waals surface area (Å²) in [5.74, 6) is 0.0180. The zero-order valence-corrected chi connectivity index (χ0v) is 10.8. The quantitative estimate of drug-likeness (QED) is 0.763. The van der Waals surface area contributed by atoms with Gasteiger partial charge in [-0.2, -0.15) is 4.39 Å². The van der Waals surface area contributed by atoms with E-state index in [0.717, 1.165) is 6.42 Å². The molecule has 5 heteroatoms. The Hall–Kier alpha value is -1.49. The van der Waals surface area contributed by atoms with Crippen LogP contribution in [0.3, 0.4) is 0 Å². The summed E-state index contributed by atoms with van der Waals surface area (Å²) in [5.41, 5.74) is 6.14. The van der Waals surface area contributed by atoms with E-state index in [2.05, 4.69) is 24.1 Å². The summed E-state index contributed by atoms with van der Waals surface area (Å²) in [6.45, 7) is 4.70. The molecule has 1 atom stereocenters. The number of hydrogen-bond acceptors (Lipinski definition) is 3. The van der Waals surface area contributed by atoms with Crippen molar-refractivity contribution in [3.63, 3.8) is 0 Å². The molecule has 3 N–H and O–H groups in total. The molecule has 0 aliphatic carbocycles. The first-order chi connectivity index (χ1) is 8.51. The van der Waals surface area contributed by atoms with Gasteiger partial charge in [0.2, 0.25) is 11.9 Å². The number of amides is 1. The summed E-state index contributed by atoms with van der Waals surface area (Å²) in [6, 6.07) is 2.70. The lowest BCUT2D eigenvalue weighted by atomic mass is 9.94. The van der Waals surface area contributed by atoms with Crippen LogP contribution in [-0.4, -0.2) is 17.4 Å². The van der Waals surface area contributed by atoms with Gasteiger partial charge in [0.1, 0.15) is 0 Å². The average molecular weight is 253 g/mol. The van der Waals surface area contributed by atoms with Gasteiger partial charge < -0.3 is 11.1 Å². The summed E-state index contributed by atoms with van der Waals surface area (Å²) in [7, 11) is 0. The molecule has 1 aromatic rings. The Labute approximate surface area is 107 Å². The molecular weight excluding hydrogens is 233 g/mol. The largest absolute Gasteiger partial charge is 0.330 e. The molecule has 0 bridgehead atoms. The number of hydrogen-bond donors (Lipinski definition) is 2. The van der Waals surface area contributed by atoms with Crippen LogP contribution >= 0.6 is 0 Å². The maximum atomic E-state index is 12.6. The van der Waals surface area contributed by atoms with E-state index in [9.17, 15) is 9.18 Å². The van der Waals surface area contributed by atoms with E-state index in [1.807, 2.05) is 0 Å². The van der Waals surface area contributed by atoms with Crippen LogP contribution in [0.4, 0.5) is 10.1 Å². The lowest BCUT2D eigenvalue weighted by Crippen LogP contribution is -2.23. The maximum Gasteiger partial charge on any atom is 0.224 e. The van der Waals surface area contributed by atoms with E-state index in [4.69, 9.17) is 5.73 Å². The molecule has 0 aromatic carbocycles. The van der Waals surface area contributed by atoms with Gasteiger partial charge in [-0.15, -0.1) is 0 Å². The summed E-state index contributed by atoms with van der Waals surface area (Å²) in [6.07, 6.45) is 2.60. The number of carbonyl (C=O) groups is 1. The van der Waals surface area contributed by atoms with Gasteiger partial charge in [0.25, 0.3) is 0 Å². The van der Waals surface area contributed by atoms with Crippen LogP contribution in [0.25, 0.3) is 0 Å². The molecule has 1 amide bonds. The van der Waals surface area contributed by atoms with Crippen molar-refractivity contribution in [2.45, 2.75) is 26.7 Å². The third kappa shape index (κ3) is 5.23. The zero-order valence-electron chi connectivity index (χ0n) is 10.8. The first kappa shape index (κ1) is 14.6. The molecule has 0 saturated carbocycles. The lowest BCUT2D eigenvalue weighted by molar-refractivity contribution is -0.117. The Morgan fingerprint density at radius 1 is 1.50 bits per heavy atom. The molecule has 1 aromatic heterocycles. The minimum absolute atomic E-state index is 0.112. The van der Waals surface area contributed by atoms with E-state index in [1.54, 1.807) is 0 Å². The molecule has 0 saturated heterocycles. The minimum Gasteiger partial charge on any atom is -0.330 e. The van der Waals surface area contributed by atoms with Crippen molar-refractivity contribution < 1.29 is 9.18 Å². The van der Waals surface area contributed by atoms with Gasteiger partial charge in [0, 0.05) is 6.42 Å². The number of aromatic nitrogens is 1. The van der Waals surface area contributed by atoms with Crippen LogP contribution in [0.1, 0.15) is 26.7 Å². The SMILES string of the molecule is CC(C)C[C@H](CN)CC(=O)Nc1ccc(F)nc1. The summed E-state index contributed by atoms with van der Waals surface area (Å²) >= 11 is 0. The van der Waals surface area contributed by atoms with Gasteiger partial charge in [-0.05, 0) is 36.9 Å². The van der Waals surface area contributed by atoms with Gasteiger partial charge >= 0.3 is 0 Å². The van der Waals surface area contributed by atoms with E-state index in [1.165, 1.54) is 18.3 Å². The highest BCUT2D eigenvalue weighted by atomic mass is 19.1. The standard InChI is InChI=1S/C13H20FN3O/c1-9(2)5-10(7-15)6-13(18)17-11-3-4-12(14)16-8-11/h3-4,8-10H,5-7,15H2,1-2H3,(H,17,18)/t10-/m0/s1. The Morgan fingerprint density at radius 2 is 2.22 bits per heavy atom. The van der Waals surface area contributed by atoms with Crippen molar-refractivity contribution in [3.05, 3.63) is 24.3 Å². The molecule has 0 aliphatic heterocycles. The van der Waals surface area contributed by atoms with Gasteiger partial charge in [-0.3, -0.25) is 4.79 Å². The molecule has 1 heterocycles. The fourth-order valence-electron chi connectivity index (χ4n) is 1.85. The van der Waals surface area contributed by atoms with Crippen LogP contribution in [0.5, 0.6) is 0 Å². The summed E-state index contributed by atoms with van der Waals surface area (Å²) < 4.78 is 12.6. The average Bonchev–Trinajstić information content (AvgIpc) is 2.30. The van der Waals surface area contributed by atoms with Crippen molar-refractivity contribution in [3.8, 4) is 0 Å². The summed E-state index contributed by atoms with van der Waals surface area (Å²) in [5, 5.41) is 2.68. The predicted molar refractivity (Wildman–Crippen MR) is 69.4 cm³/mol. The third-order valence-electron chi connectivity index (χ3n) is 2.62. The van der Waals surface area contributed by atoms with Gasteiger partial charge in [0.15, 0.2) is 0 Å². The van der Waals surface area contributed by atoms with Crippen molar-refractivity contribution >= 4 is 11.6 Å². The maximum absolute atomic E-state index is 12.6. The molecule has 0 spiro atoms. The molecular formula is C13H20FN3O. The number of nitrogens with zero attached hydrogens (tertiary/aromatic N) is 1. The van der Waals surface area contributed by atoms with E-state index in [-0.39, 0.29) is 11.8 Å². The van der Waals surface area contributed by atoms with Crippen LogP contribution in [0, 0.1) is 17.8 Å². The third-order valence-corrected chi connectivity index (χ3v) is 2.62. The monoisotopic (exact) mass is 253 g/mol. The molecule has 0 fully saturated rings. The fraction of sp³-hybridized carbons (Fsp3) is 0.538. The second-order valence-corrected chi connectivity index (χ2v) is 4.85. The van der Waals surface area contributed by atoms with E-state index < -0.39 is 5.95 Å². The molecule has 1 rings (SSSR count). The van der Waals surface area contributed by atoms with Crippen molar-refractivity contribution in [2.24, 2.45) is 17.6 Å². The first-order valence-corrected chi connectivity index (χ1v) is 6.12. The van der Waals surface area contributed by atoms with Crippen LogP contribution < -0.4 is 11.1 Å². The molecule has 4 nitrogen and oxygen atoms in total. The number of anilines is 1. The number of rotatable bonds is 6. The topological polar surface area (TPSA) is 68.0 Å². The zero-order chi connectivity index (χ0) is 13.5. The predicted octanol–water partition coefficient (Wildman–Crippen LogP) is 2.17. The number of nitrogens with two attached hydrogens (primary N) is 1. The molecule has 18 heavy (non-hydrogen) atoms. The van der Waals surface area contributed by atoms with Crippen molar-refractivity contribution in [1.82, 2.24) is 4.98 Å². The Balaban J connectivity index is 2.47. The first-order valence-electron chi connectivity index (χ1n) is 6.12. The van der Waals surface area contributed by atoms with Gasteiger partial charge in [-0.1, -0.05) is 13.8 Å². The normalized spacial score (nSPS) is 12.5. The second kappa shape index (κ2) is 7.06. The molecule has 0 unspecified atom stereocenters. The Morgan fingerprint density at radius 3 is 2.72 bits per heavy atom. The van der Waals surface area contributed by atoms with Crippen LogP contribution in [0.2, 0.25) is 0 Å². The summed E-state index contributed by atoms with van der Waals surface area (Å²) in [4.78, 5) is 15.2. The highest BCUT2D eigenvalue weighted by Gasteiger charge is 2.14. The van der Waals surface area contributed by atoms with Crippen molar-refractivity contribution in [1.29, 1.82) is 0 Å². The van der Waals surface area contributed by atoms with Crippen molar-refractivity contribution in [2.75, 3.05) is 11.9 Å². The second-order valence-electron chi connectivity index (χ2n) is 4.85. The van der Waals surface area contributed by atoms with Crippen LogP contribution in [-0.2, 0) is 4.79 Å². The lowest BCUT2D eigenvalue weighted by Gasteiger charge is -2.16. The molecule has 0 radical (unpaired) electrons. The molecule has 100 valence electrons. The van der Waals surface area contributed by atoms with Gasteiger partial charge in [0.05, 0.1) is 11.9 Å². The number of pyridine rings is 1. The van der Waals surface area contributed by atoms with Gasteiger partial charge in [-0.25, -0.2) is 4.98 Å². The Kier molecular flexibility index (Phi) is 5.71. The smallest absolute Gasteiger partial charge is 0.224 e. The van der Waals surface area contributed by atoms with E-state index >= 15 is 0 Å². The number of carbonyl (C=O) groups excluding carboxylic acids is 1. The minimum atomic E-state index is -0.562.